The normalized spacial score (nSPS) is 11.8. The van der Waals surface area contributed by atoms with E-state index in [0.717, 1.165) is 11.1 Å². The van der Waals surface area contributed by atoms with E-state index in [1.165, 1.54) is 0 Å². The van der Waals surface area contributed by atoms with Crippen molar-refractivity contribution in [2.24, 2.45) is 0 Å². The molecule has 0 saturated heterocycles. The van der Waals surface area contributed by atoms with Crippen LogP contribution in [-0.2, 0) is 4.79 Å². The van der Waals surface area contributed by atoms with Crippen molar-refractivity contribution in [3.63, 3.8) is 0 Å². The first kappa shape index (κ1) is 26.1. The summed E-state index contributed by atoms with van der Waals surface area (Å²) in [6, 6.07) is 29.0. The SMILES string of the molecule is COc1ccc(C(NC(=O)C(c2ccccc2)c2ccccc2)c2cc(Cl)c3cccnc3c2O)cc1OC. The molecule has 0 fully saturated rings. The molecule has 0 aliphatic carbocycles. The van der Waals surface area contributed by atoms with Gasteiger partial charge in [0, 0.05) is 17.1 Å². The zero-order chi connectivity index (χ0) is 27.4. The number of carbonyl (C=O) groups is 1. The second-order valence-corrected chi connectivity index (χ2v) is 9.41. The summed E-state index contributed by atoms with van der Waals surface area (Å²) in [5.41, 5.74) is 3.11. The van der Waals surface area contributed by atoms with Crippen LogP contribution in [0.5, 0.6) is 17.2 Å². The van der Waals surface area contributed by atoms with E-state index < -0.39 is 12.0 Å². The van der Waals surface area contributed by atoms with Gasteiger partial charge in [0.15, 0.2) is 11.5 Å². The van der Waals surface area contributed by atoms with Crippen molar-refractivity contribution < 1.29 is 19.4 Å². The van der Waals surface area contributed by atoms with E-state index in [9.17, 15) is 9.90 Å². The molecule has 1 amide bonds. The Morgan fingerprint density at radius 3 is 2.08 bits per heavy atom. The molecule has 1 aromatic heterocycles. The van der Waals surface area contributed by atoms with Crippen LogP contribution in [0.4, 0.5) is 0 Å². The summed E-state index contributed by atoms with van der Waals surface area (Å²) in [5.74, 6) is 0.128. The summed E-state index contributed by atoms with van der Waals surface area (Å²) in [4.78, 5) is 18.5. The Bertz CT molecular complexity index is 1570. The lowest BCUT2D eigenvalue weighted by Crippen LogP contribution is -2.34. The van der Waals surface area contributed by atoms with Crippen molar-refractivity contribution in [3.05, 3.63) is 131 Å². The molecule has 1 unspecified atom stereocenters. The highest BCUT2D eigenvalue weighted by molar-refractivity contribution is 6.35. The van der Waals surface area contributed by atoms with Crippen LogP contribution in [0, 0.1) is 0 Å². The number of carbonyl (C=O) groups excluding carboxylic acids is 1. The van der Waals surface area contributed by atoms with Crippen molar-refractivity contribution in [2.45, 2.75) is 12.0 Å². The van der Waals surface area contributed by atoms with Crippen LogP contribution in [0.15, 0.2) is 103 Å². The van der Waals surface area contributed by atoms with Crippen molar-refractivity contribution in [2.75, 3.05) is 14.2 Å². The van der Waals surface area contributed by atoms with E-state index in [2.05, 4.69) is 10.3 Å². The van der Waals surface area contributed by atoms with E-state index in [4.69, 9.17) is 21.1 Å². The number of halogens is 1. The molecular weight excluding hydrogens is 512 g/mol. The molecule has 5 aromatic rings. The predicted molar refractivity (Wildman–Crippen MR) is 153 cm³/mol. The average Bonchev–Trinajstić information content (AvgIpc) is 2.99. The summed E-state index contributed by atoms with van der Waals surface area (Å²) in [6.07, 6.45) is 1.59. The van der Waals surface area contributed by atoms with Gasteiger partial charge in [0.05, 0.1) is 31.2 Å². The minimum atomic E-state index is -0.781. The number of benzene rings is 4. The highest BCUT2D eigenvalue weighted by Gasteiger charge is 2.29. The quantitative estimate of drug-likeness (QED) is 0.231. The van der Waals surface area contributed by atoms with Gasteiger partial charge >= 0.3 is 0 Å². The van der Waals surface area contributed by atoms with Crippen LogP contribution in [-0.4, -0.2) is 30.2 Å². The van der Waals surface area contributed by atoms with Gasteiger partial charge in [-0.05, 0) is 47.0 Å². The van der Waals surface area contributed by atoms with Gasteiger partial charge in [-0.25, -0.2) is 0 Å². The number of amides is 1. The number of phenolic OH excluding ortho intramolecular Hbond substituents is 1. The number of hydrogen-bond acceptors (Lipinski definition) is 5. The minimum Gasteiger partial charge on any atom is -0.505 e. The number of pyridine rings is 1. The van der Waals surface area contributed by atoms with E-state index >= 15 is 0 Å². The van der Waals surface area contributed by atoms with E-state index in [-0.39, 0.29) is 11.7 Å². The third-order valence-corrected chi connectivity index (χ3v) is 7.02. The topological polar surface area (TPSA) is 80.7 Å². The Morgan fingerprint density at radius 1 is 0.821 bits per heavy atom. The molecule has 0 radical (unpaired) electrons. The summed E-state index contributed by atoms with van der Waals surface area (Å²) in [5, 5.41) is 15.6. The fourth-order valence-corrected chi connectivity index (χ4v) is 5.08. The van der Waals surface area contributed by atoms with E-state index in [1.807, 2.05) is 66.7 Å². The molecule has 4 aromatic carbocycles. The number of ether oxygens (including phenoxy) is 2. The molecule has 1 heterocycles. The lowest BCUT2D eigenvalue weighted by Gasteiger charge is -2.26. The number of methoxy groups -OCH3 is 2. The first-order valence-corrected chi connectivity index (χ1v) is 12.8. The molecule has 1 atom stereocenters. The van der Waals surface area contributed by atoms with Crippen molar-refractivity contribution >= 4 is 28.4 Å². The van der Waals surface area contributed by atoms with E-state index in [1.54, 1.807) is 50.7 Å². The first-order valence-electron chi connectivity index (χ1n) is 12.4. The zero-order valence-electron chi connectivity index (χ0n) is 21.5. The molecule has 39 heavy (non-hydrogen) atoms. The number of phenols is 1. The van der Waals surface area contributed by atoms with Gasteiger partial charge in [-0.1, -0.05) is 78.3 Å². The Morgan fingerprint density at radius 2 is 1.46 bits per heavy atom. The predicted octanol–water partition coefficient (Wildman–Crippen LogP) is 6.65. The van der Waals surface area contributed by atoms with Gasteiger partial charge in [0.1, 0.15) is 11.3 Å². The Hall–Kier alpha value is -4.55. The maximum atomic E-state index is 14.1. The number of fused-ring (bicyclic) bond motifs is 1. The van der Waals surface area contributed by atoms with Crippen molar-refractivity contribution in [3.8, 4) is 17.2 Å². The van der Waals surface area contributed by atoms with Gasteiger partial charge in [0.25, 0.3) is 0 Å². The van der Waals surface area contributed by atoms with Crippen LogP contribution >= 0.6 is 11.6 Å². The third kappa shape index (κ3) is 5.24. The number of aromatic hydroxyl groups is 1. The molecule has 0 spiro atoms. The summed E-state index contributed by atoms with van der Waals surface area (Å²) in [7, 11) is 3.10. The lowest BCUT2D eigenvalue weighted by molar-refractivity contribution is -0.122. The van der Waals surface area contributed by atoms with E-state index in [0.29, 0.717) is 38.6 Å². The Labute approximate surface area is 231 Å². The molecule has 0 saturated carbocycles. The van der Waals surface area contributed by atoms with Crippen LogP contribution in [0.1, 0.15) is 34.2 Å². The highest BCUT2D eigenvalue weighted by atomic mass is 35.5. The van der Waals surface area contributed by atoms with Crippen LogP contribution in [0.3, 0.4) is 0 Å². The molecule has 0 aliphatic heterocycles. The smallest absolute Gasteiger partial charge is 0.232 e. The summed E-state index contributed by atoms with van der Waals surface area (Å²) >= 11 is 6.65. The van der Waals surface area contributed by atoms with Crippen LogP contribution in [0.2, 0.25) is 5.02 Å². The third-order valence-electron chi connectivity index (χ3n) is 6.71. The fraction of sp³-hybridized carbons (Fsp3) is 0.125. The van der Waals surface area contributed by atoms with Gasteiger partial charge in [-0.15, -0.1) is 0 Å². The number of aromatic nitrogens is 1. The Kier molecular flexibility index (Phi) is 7.66. The van der Waals surface area contributed by atoms with Crippen LogP contribution < -0.4 is 14.8 Å². The molecule has 2 N–H and O–H groups in total. The number of hydrogen-bond donors (Lipinski definition) is 2. The van der Waals surface area contributed by atoms with Gasteiger partial charge in [0.2, 0.25) is 5.91 Å². The standard InChI is InChI=1S/C32H27ClN2O4/c1-38-26-16-15-22(18-27(26)39-2)29(24-19-25(33)23-14-9-17-34-30(23)31(24)36)35-32(37)28(20-10-5-3-6-11-20)21-12-7-4-8-13-21/h3-19,28-29,36H,1-2H3,(H,35,37). The fourth-order valence-electron chi connectivity index (χ4n) is 4.81. The number of rotatable bonds is 8. The monoisotopic (exact) mass is 538 g/mol. The van der Waals surface area contributed by atoms with Crippen molar-refractivity contribution in [1.82, 2.24) is 10.3 Å². The average molecular weight is 539 g/mol. The minimum absolute atomic E-state index is 0.0638. The van der Waals surface area contributed by atoms with Crippen LogP contribution in [0.25, 0.3) is 10.9 Å². The number of nitrogens with zero attached hydrogens (tertiary/aromatic N) is 1. The summed E-state index contributed by atoms with van der Waals surface area (Å²) in [6.45, 7) is 0. The summed E-state index contributed by atoms with van der Waals surface area (Å²) < 4.78 is 11.0. The second-order valence-electron chi connectivity index (χ2n) is 9.01. The maximum absolute atomic E-state index is 14.1. The maximum Gasteiger partial charge on any atom is 0.232 e. The molecule has 7 heteroatoms. The second kappa shape index (κ2) is 11.5. The van der Waals surface area contributed by atoms with Gasteiger partial charge in [-0.2, -0.15) is 0 Å². The van der Waals surface area contributed by atoms with Gasteiger partial charge in [-0.3, -0.25) is 9.78 Å². The molecule has 0 bridgehead atoms. The highest BCUT2D eigenvalue weighted by Crippen LogP contribution is 2.41. The number of nitrogens with one attached hydrogen (secondary N) is 1. The first-order chi connectivity index (χ1) is 19.0. The largest absolute Gasteiger partial charge is 0.505 e. The molecule has 0 aliphatic rings. The molecular formula is C32H27ClN2O4. The zero-order valence-corrected chi connectivity index (χ0v) is 22.2. The molecule has 5 rings (SSSR count). The lowest BCUT2D eigenvalue weighted by atomic mass is 9.89. The molecule has 196 valence electrons. The van der Waals surface area contributed by atoms with Gasteiger partial charge < -0.3 is 19.9 Å². The molecule has 6 nitrogen and oxygen atoms in total. The van der Waals surface area contributed by atoms with Crippen molar-refractivity contribution in [1.29, 1.82) is 0 Å². The Balaban J connectivity index is 1.66.